The number of likely N-dealkylation sites (tertiary alicyclic amines) is 1. The minimum atomic E-state index is -0.482. The van der Waals surface area contributed by atoms with Crippen LogP contribution in [0.1, 0.15) is 56.2 Å². The Morgan fingerprint density at radius 3 is 2.65 bits per heavy atom. The van der Waals surface area contributed by atoms with E-state index in [0.717, 1.165) is 49.1 Å². The molecule has 1 aliphatic rings. The van der Waals surface area contributed by atoms with Gasteiger partial charge in [-0.25, -0.2) is 19.3 Å². The molecule has 0 unspecified atom stereocenters. The van der Waals surface area contributed by atoms with E-state index in [2.05, 4.69) is 56.3 Å². The molecule has 8 nitrogen and oxygen atoms in total. The lowest BCUT2D eigenvalue weighted by Gasteiger charge is -2.31. The van der Waals surface area contributed by atoms with Crippen molar-refractivity contribution in [3.8, 4) is 17.3 Å². The van der Waals surface area contributed by atoms with Gasteiger partial charge in [0.1, 0.15) is 11.5 Å². The van der Waals surface area contributed by atoms with Gasteiger partial charge < -0.3 is 10.2 Å². The molecule has 3 aromatic heterocycles. The maximum atomic E-state index is 14.8. The van der Waals surface area contributed by atoms with E-state index in [1.807, 2.05) is 42.2 Å². The van der Waals surface area contributed by atoms with E-state index in [0.29, 0.717) is 23.7 Å². The number of nitrogens with zero attached hydrogens (tertiary/aromatic N) is 7. The molecule has 9 heteroatoms. The number of benzene rings is 1. The van der Waals surface area contributed by atoms with Gasteiger partial charge in [0.15, 0.2) is 5.82 Å². The third-order valence-electron chi connectivity index (χ3n) is 7.07. The van der Waals surface area contributed by atoms with Gasteiger partial charge in [-0.05, 0) is 61.5 Å². The Morgan fingerprint density at radius 1 is 1.14 bits per heavy atom. The number of hydrogen-bond donors (Lipinski definition) is 1. The zero-order valence-electron chi connectivity index (χ0n) is 21.4. The quantitative estimate of drug-likeness (QED) is 0.358. The van der Waals surface area contributed by atoms with E-state index in [4.69, 9.17) is 5.26 Å². The predicted molar refractivity (Wildman–Crippen MR) is 142 cm³/mol. The SMILES string of the molecule is CC(C)c1c2cc(-c3nc(Nc4ccc(C5CCN(CCC#N)CC5)cn4)ncc3F)ccc2nn1C. The second kappa shape index (κ2) is 10.6. The Hall–Kier alpha value is -3.90. The average molecular weight is 499 g/mol. The molecule has 1 N–H and O–H groups in total. The molecular formula is C28H31FN8. The number of aryl methyl sites for hydroxylation is 1. The summed E-state index contributed by atoms with van der Waals surface area (Å²) in [7, 11) is 1.93. The Kier molecular flexibility index (Phi) is 7.10. The van der Waals surface area contributed by atoms with E-state index in [1.54, 1.807) is 0 Å². The summed E-state index contributed by atoms with van der Waals surface area (Å²) in [5.74, 6) is 1.16. The van der Waals surface area contributed by atoms with Gasteiger partial charge in [-0.2, -0.15) is 10.4 Å². The van der Waals surface area contributed by atoms with Gasteiger partial charge in [-0.3, -0.25) is 4.68 Å². The van der Waals surface area contributed by atoms with E-state index in [9.17, 15) is 4.39 Å². The second-order valence-electron chi connectivity index (χ2n) is 9.91. The fourth-order valence-electron chi connectivity index (χ4n) is 5.21. The molecule has 5 rings (SSSR count). The van der Waals surface area contributed by atoms with Crippen molar-refractivity contribution in [2.45, 2.75) is 44.9 Å². The largest absolute Gasteiger partial charge is 0.309 e. The van der Waals surface area contributed by atoms with Gasteiger partial charge in [-0.15, -0.1) is 0 Å². The Balaban J connectivity index is 1.31. The fourth-order valence-corrected chi connectivity index (χ4v) is 5.21. The molecule has 1 fully saturated rings. The van der Waals surface area contributed by atoms with Crippen LogP contribution in [0.3, 0.4) is 0 Å². The van der Waals surface area contributed by atoms with Crippen molar-refractivity contribution in [1.82, 2.24) is 29.6 Å². The monoisotopic (exact) mass is 498 g/mol. The van der Waals surface area contributed by atoms with Crippen LogP contribution in [0.4, 0.5) is 16.2 Å². The highest BCUT2D eigenvalue weighted by Crippen LogP contribution is 2.31. The Labute approximate surface area is 216 Å². The molecule has 4 aromatic rings. The summed E-state index contributed by atoms with van der Waals surface area (Å²) in [6.07, 6.45) is 5.78. The third kappa shape index (κ3) is 5.30. The van der Waals surface area contributed by atoms with Crippen LogP contribution in [0.5, 0.6) is 0 Å². The molecule has 4 heterocycles. The van der Waals surface area contributed by atoms with Crippen molar-refractivity contribution in [1.29, 1.82) is 5.26 Å². The van der Waals surface area contributed by atoms with E-state index >= 15 is 0 Å². The van der Waals surface area contributed by atoms with Gasteiger partial charge in [-0.1, -0.05) is 26.0 Å². The molecule has 1 saturated heterocycles. The van der Waals surface area contributed by atoms with Gasteiger partial charge in [0, 0.05) is 42.9 Å². The molecule has 37 heavy (non-hydrogen) atoms. The summed E-state index contributed by atoms with van der Waals surface area (Å²) in [4.78, 5) is 15.5. The predicted octanol–water partition coefficient (Wildman–Crippen LogP) is 5.52. The smallest absolute Gasteiger partial charge is 0.229 e. The maximum Gasteiger partial charge on any atom is 0.229 e. The molecule has 1 aliphatic heterocycles. The first-order valence-electron chi connectivity index (χ1n) is 12.7. The maximum absolute atomic E-state index is 14.8. The molecule has 0 atom stereocenters. The number of pyridine rings is 1. The highest BCUT2D eigenvalue weighted by molar-refractivity contribution is 5.86. The summed E-state index contributed by atoms with van der Waals surface area (Å²) >= 11 is 0. The first-order valence-corrected chi connectivity index (χ1v) is 12.7. The van der Waals surface area contributed by atoms with Crippen LogP contribution in [0.25, 0.3) is 22.2 Å². The lowest BCUT2D eigenvalue weighted by molar-refractivity contribution is 0.216. The van der Waals surface area contributed by atoms with Crippen molar-refractivity contribution in [2.24, 2.45) is 7.05 Å². The molecule has 0 saturated carbocycles. The highest BCUT2D eigenvalue weighted by atomic mass is 19.1. The summed E-state index contributed by atoms with van der Waals surface area (Å²) in [5.41, 5.74) is 4.09. The number of aromatic nitrogens is 5. The number of fused-ring (bicyclic) bond motifs is 1. The number of nitrogens with one attached hydrogen (secondary N) is 1. The number of hydrogen-bond acceptors (Lipinski definition) is 7. The van der Waals surface area contributed by atoms with E-state index in [1.165, 1.54) is 11.8 Å². The van der Waals surface area contributed by atoms with Crippen molar-refractivity contribution < 1.29 is 4.39 Å². The second-order valence-corrected chi connectivity index (χ2v) is 9.91. The molecule has 0 spiro atoms. The molecule has 0 aliphatic carbocycles. The van der Waals surface area contributed by atoms with Crippen molar-refractivity contribution in [3.05, 3.63) is 59.8 Å². The number of halogens is 1. The van der Waals surface area contributed by atoms with Crippen LogP contribution in [0.2, 0.25) is 0 Å². The van der Waals surface area contributed by atoms with Crippen molar-refractivity contribution in [2.75, 3.05) is 25.0 Å². The number of rotatable bonds is 7. The Bertz CT molecular complexity index is 1430. The lowest BCUT2D eigenvalue weighted by Crippen LogP contribution is -2.33. The molecule has 0 radical (unpaired) electrons. The minimum Gasteiger partial charge on any atom is -0.309 e. The summed E-state index contributed by atoms with van der Waals surface area (Å²) in [5, 5.41) is 17.5. The molecule has 1 aromatic carbocycles. The van der Waals surface area contributed by atoms with E-state index < -0.39 is 5.82 Å². The van der Waals surface area contributed by atoms with Gasteiger partial charge in [0.25, 0.3) is 0 Å². The minimum absolute atomic E-state index is 0.234. The third-order valence-corrected chi connectivity index (χ3v) is 7.07. The molecular weight excluding hydrogens is 467 g/mol. The van der Waals surface area contributed by atoms with Gasteiger partial charge >= 0.3 is 0 Å². The van der Waals surface area contributed by atoms with Crippen LogP contribution in [0, 0.1) is 17.1 Å². The molecule has 0 amide bonds. The lowest BCUT2D eigenvalue weighted by atomic mass is 9.90. The molecule has 0 bridgehead atoms. The Morgan fingerprint density at radius 2 is 1.95 bits per heavy atom. The van der Waals surface area contributed by atoms with Crippen LogP contribution in [-0.2, 0) is 7.05 Å². The van der Waals surface area contributed by atoms with E-state index in [-0.39, 0.29) is 17.6 Å². The van der Waals surface area contributed by atoms with Crippen molar-refractivity contribution >= 4 is 22.7 Å². The average Bonchev–Trinajstić information content (AvgIpc) is 3.24. The van der Waals surface area contributed by atoms with Gasteiger partial charge in [0.2, 0.25) is 5.95 Å². The summed E-state index contributed by atoms with van der Waals surface area (Å²) in [6, 6.07) is 11.9. The normalized spacial score (nSPS) is 14.8. The van der Waals surface area contributed by atoms with Gasteiger partial charge in [0.05, 0.1) is 17.8 Å². The van der Waals surface area contributed by atoms with Crippen LogP contribution < -0.4 is 5.32 Å². The van der Waals surface area contributed by atoms with Crippen LogP contribution >= 0.6 is 0 Å². The van der Waals surface area contributed by atoms with Crippen LogP contribution in [0.15, 0.2) is 42.7 Å². The summed E-state index contributed by atoms with van der Waals surface area (Å²) in [6.45, 7) is 7.09. The standard InChI is InChI=1S/C28H31FN8/c1-18(2)27-22-15-20(5-7-24(22)35-36(27)3)26-23(29)17-32-28(34-26)33-25-8-6-21(16-31-25)19-9-13-37(14-10-19)12-4-11-30/h5-8,15-19H,4,9-10,12-14H2,1-3H3,(H,31,32,33,34). The zero-order valence-corrected chi connectivity index (χ0v) is 21.4. The number of anilines is 2. The first kappa shape index (κ1) is 24.8. The first-order chi connectivity index (χ1) is 17.9. The highest BCUT2D eigenvalue weighted by Gasteiger charge is 2.21. The van der Waals surface area contributed by atoms with Crippen LogP contribution in [-0.4, -0.2) is 49.3 Å². The molecule has 190 valence electrons. The van der Waals surface area contributed by atoms with Crippen molar-refractivity contribution in [3.63, 3.8) is 0 Å². The topological polar surface area (TPSA) is 95.6 Å². The number of piperidine rings is 1. The number of nitriles is 1. The zero-order chi connectivity index (χ0) is 25.9. The summed E-state index contributed by atoms with van der Waals surface area (Å²) < 4.78 is 16.7. The fraction of sp³-hybridized carbons (Fsp3) is 0.393.